The molecule has 1 heterocycles. The SMILES string of the molecule is CCC=CC(C(=O)O)([P+](=O)OC)C(O)(Cc1ccc(F)cc1)c1ccc(C)c(-c2ccccc2)n1. The molecule has 0 fully saturated rings. The van der Waals surface area contributed by atoms with Gasteiger partial charge in [0.15, 0.2) is 5.60 Å². The van der Waals surface area contributed by atoms with Gasteiger partial charge in [-0.3, -0.25) is 0 Å². The Bertz CT molecular complexity index is 1230. The first kappa shape index (κ1) is 26.4. The van der Waals surface area contributed by atoms with E-state index in [1.807, 2.05) is 37.3 Å². The molecule has 0 aliphatic carbocycles. The van der Waals surface area contributed by atoms with E-state index < -0.39 is 30.6 Å². The fraction of sp³-hybridized carbons (Fsp3) is 0.259. The third kappa shape index (κ3) is 5.08. The zero-order valence-electron chi connectivity index (χ0n) is 19.8. The fourth-order valence-electron chi connectivity index (χ4n) is 4.07. The average Bonchev–Trinajstić information content (AvgIpc) is 2.86. The number of hydrogen-bond acceptors (Lipinski definition) is 5. The van der Waals surface area contributed by atoms with Crippen LogP contribution in [0.25, 0.3) is 11.3 Å². The lowest BCUT2D eigenvalue weighted by Crippen LogP contribution is -2.55. The zero-order valence-corrected chi connectivity index (χ0v) is 20.7. The highest BCUT2D eigenvalue weighted by Gasteiger charge is 2.71. The summed E-state index contributed by atoms with van der Waals surface area (Å²) in [6.07, 6.45) is 2.89. The van der Waals surface area contributed by atoms with E-state index in [1.165, 1.54) is 42.5 Å². The van der Waals surface area contributed by atoms with Crippen molar-refractivity contribution in [3.05, 3.63) is 102 Å². The molecular weight excluding hydrogens is 468 g/mol. The number of allylic oxidation sites excluding steroid dienone is 1. The second kappa shape index (κ2) is 11.0. The summed E-state index contributed by atoms with van der Waals surface area (Å²) in [6.45, 7) is 3.65. The highest BCUT2D eigenvalue weighted by atomic mass is 31.1. The standard InChI is InChI=1S/C27H27FNO5P/c1-4-5-17-27(25(30)31,35(33)34-3)26(32,18-20-12-14-22(28)15-13-20)23-16-11-19(2)24(29-23)21-9-7-6-8-10-21/h5-17,32H,4,18H2,1-3H3/p+1. The van der Waals surface area contributed by atoms with Crippen LogP contribution in [0, 0.1) is 12.7 Å². The molecule has 8 heteroatoms. The van der Waals surface area contributed by atoms with E-state index in [0.29, 0.717) is 17.7 Å². The van der Waals surface area contributed by atoms with Gasteiger partial charge in [0.1, 0.15) is 5.82 Å². The van der Waals surface area contributed by atoms with E-state index in [9.17, 15) is 24.0 Å². The minimum absolute atomic E-state index is 0.00910. The van der Waals surface area contributed by atoms with Crippen LogP contribution in [0.5, 0.6) is 0 Å². The summed E-state index contributed by atoms with van der Waals surface area (Å²) in [6, 6.07) is 17.9. The number of carboxylic acid groups (broad SMARTS) is 1. The van der Waals surface area contributed by atoms with Crippen LogP contribution in [-0.4, -0.2) is 33.4 Å². The van der Waals surface area contributed by atoms with Crippen LogP contribution >= 0.6 is 8.03 Å². The smallest absolute Gasteiger partial charge is 0.477 e. The maximum Gasteiger partial charge on any atom is 0.534 e. The van der Waals surface area contributed by atoms with E-state index in [0.717, 1.165) is 18.2 Å². The van der Waals surface area contributed by atoms with Crippen molar-refractivity contribution < 1.29 is 28.5 Å². The first-order valence-electron chi connectivity index (χ1n) is 11.1. The van der Waals surface area contributed by atoms with Crippen LogP contribution in [0.4, 0.5) is 4.39 Å². The van der Waals surface area contributed by atoms with E-state index in [2.05, 4.69) is 0 Å². The molecule has 0 aliphatic heterocycles. The van der Waals surface area contributed by atoms with Gasteiger partial charge in [0.05, 0.1) is 18.5 Å². The number of aliphatic hydroxyl groups is 1. The number of rotatable bonds is 10. The molecular formula is C27H28FNO5P+. The normalized spacial score (nSPS) is 15.4. The molecule has 3 aromatic rings. The Morgan fingerprint density at radius 1 is 1.11 bits per heavy atom. The molecule has 0 saturated carbocycles. The van der Waals surface area contributed by atoms with Crippen LogP contribution < -0.4 is 0 Å². The van der Waals surface area contributed by atoms with Gasteiger partial charge >= 0.3 is 19.2 Å². The van der Waals surface area contributed by atoms with E-state index in [-0.39, 0.29) is 12.1 Å². The largest absolute Gasteiger partial charge is 0.534 e. The Morgan fingerprint density at radius 3 is 2.34 bits per heavy atom. The number of benzene rings is 2. The number of aromatic nitrogens is 1. The molecule has 35 heavy (non-hydrogen) atoms. The molecule has 1 aromatic heterocycles. The lowest BCUT2D eigenvalue weighted by Gasteiger charge is -2.34. The maximum absolute atomic E-state index is 13.6. The van der Waals surface area contributed by atoms with Gasteiger partial charge in [0, 0.05) is 12.0 Å². The van der Waals surface area contributed by atoms with Gasteiger partial charge in [-0.15, -0.1) is 4.52 Å². The molecule has 0 spiro atoms. The second-order valence-electron chi connectivity index (χ2n) is 8.21. The molecule has 3 rings (SSSR count). The monoisotopic (exact) mass is 496 g/mol. The molecule has 0 bridgehead atoms. The Kier molecular flexibility index (Phi) is 8.28. The summed E-state index contributed by atoms with van der Waals surface area (Å²) >= 11 is 0. The number of carbonyl (C=O) groups is 1. The minimum Gasteiger partial charge on any atom is -0.477 e. The summed E-state index contributed by atoms with van der Waals surface area (Å²) in [7, 11) is -1.83. The number of carboxylic acids is 1. The Morgan fingerprint density at radius 2 is 1.77 bits per heavy atom. The van der Waals surface area contributed by atoms with Crippen molar-refractivity contribution in [2.24, 2.45) is 0 Å². The number of aliphatic carboxylic acids is 1. The minimum atomic E-state index is -2.96. The Labute approximate surface area is 205 Å². The Balaban J connectivity index is 2.36. The molecule has 3 atom stereocenters. The number of pyridine rings is 1. The van der Waals surface area contributed by atoms with Gasteiger partial charge in [0.2, 0.25) is 0 Å². The molecule has 2 N–H and O–H groups in total. The molecule has 0 saturated heterocycles. The Hall–Kier alpha value is -3.25. The van der Waals surface area contributed by atoms with Crippen molar-refractivity contribution in [1.82, 2.24) is 4.98 Å². The van der Waals surface area contributed by atoms with Crippen LogP contribution in [0.1, 0.15) is 30.2 Å². The molecule has 0 radical (unpaired) electrons. The topological polar surface area (TPSA) is 96.7 Å². The lowest BCUT2D eigenvalue weighted by atomic mass is 9.77. The van der Waals surface area contributed by atoms with Gasteiger partial charge in [-0.25, -0.2) is 14.2 Å². The zero-order chi connectivity index (χ0) is 25.6. The molecule has 2 aromatic carbocycles. The van der Waals surface area contributed by atoms with Gasteiger partial charge in [0.25, 0.3) is 0 Å². The summed E-state index contributed by atoms with van der Waals surface area (Å²) in [5, 5.41) is 20.4. The van der Waals surface area contributed by atoms with E-state index in [4.69, 9.17) is 9.51 Å². The van der Waals surface area contributed by atoms with Crippen molar-refractivity contribution in [3.63, 3.8) is 0 Å². The van der Waals surface area contributed by atoms with Gasteiger partial charge in [-0.1, -0.05) is 61.5 Å². The number of hydrogen-bond donors (Lipinski definition) is 2. The van der Waals surface area contributed by atoms with Crippen molar-refractivity contribution in [2.75, 3.05) is 7.11 Å². The van der Waals surface area contributed by atoms with Crippen LogP contribution in [-0.2, 0) is 25.9 Å². The molecule has 6 nitrogen and oxygen atoms in total. The highest BCUT2D eigenvalue weighted by molar-refractivity contribution is 7.43. The van der Waals surface area contributed by atoms with Crippen LogP contribution in [0.3, 0.4) is 0 Å². The summed E-state index contributed by atoms with van der Waals surface area (Å²) < 4.78 is 32.0. The molecule has 0 amide bonds. The lowest BCUT2D eigenvalue weighted by molar-refractivity contribution is -0.147. The van der Waals surface area contributed by atoms with Gasteiger partial charge in [-0.05, 0) is 53.3 Å². The fourth-order valence-corrected chi connectivity index (χ4v) is 5.24. The van der Waals surface area contributed by atoms with Crippen LogP contribution in [0.2, 0.25) is 0 Å². The third-order valence-electron chi connectivity index (χ3n) is 5.95. The molecule has 0 aliphatic rings. The summed E-state index contributed by atoms with van der Waals surface area (Å²) in [5.41, 5.74) is 0.264. The van der Waals surface area contributed by atoms with E-state index >= 15 is 0 Å². The second-order valence-corrected chi connectivity index (χ2v) is 9.80. The predicted molar refractivity (Wildman–Crippen MR) is 133 cm³/mol. The quantitative estimate of drug-likeness (QED) is 0.272. The van der Waals surface area contributed by atoms with Gasteiger partial charge in [-0.2, -0.15) is 0 Å². The molecule has 182 valence electrons. The first-order chi connectivity index (χ1) is 16.7. The third-order valence-corrected chi connectivity index (χ3v) is 7.56. The van der Waals surface area contributed by atoms with Crippen molar-refractivity contribution in [2.45, 2.75) is 37.4 Å². The van der Waals surface area contributed by atoms with Crippen molar-refractivity contribution in [1.29, 1.82) is 0 Å². The first-order valence-corrected chi connectivity index (χ1v) is 12.3. The van der Waals surface area contributed by atoms with Crippen molar-refractivity contribution >= 4 is 14.0 Å². The number of aryl methyl sites for hydroxylation is 1. The number of nitrogens with zero attached hydrogens (tertiary/aromatic N) is 1. The van der Waals surface area contributed by atoms with Gasteiger partial charge < -0.3 is 10.2 Å². The number of halogens is 1. The molecule has 3 unspecified atom stereocenters. The summed E-state index contributed by atoms with van der Waals surface area (Å²) in [4.78, 5) is 17.5. The average molecular weight is 496 g/mol. The van der Waals surface area contributed by atoms with E-state index in [1.54, 1.807) is 13.0 Å². The van der Waals surface area contributed by atoms with Crippen LogP contribution in [0.15, 0.2) is 78.9 Å². The highest BCUT2D eigenvalue weighted by Crippen LogP contribution is 2.54. The van der Waals surface area contributed by atoms with Crippen molar-refractivity contribution in [3.8, 4) is 11.3 Å². The predicted octanol–water partition coefficient (Wildman–Crippen LogP) is 5.80. The maximum atomic E-state index is 13.6. The summed E-state index contributed by atoms with van der Waals surface area (Å²) in [5.74, 6) is -2.01.